The van der Waals surface area contributed by atoms with Gasteiger partial charge in [-0.3, -0.25) is 19.3 Å². The number of methoxy groups -OCH3 is 1. The maximum absolute atomic E-state index is 12.9. The number of fused-ring (bicyclic) bond motifs is 3. The molecule has 1 saturated heterocycles. The lowest BCUT2D eigenvalue weighted by Crippen LogP contribution is -2.75. The van der Waals surface area contributed by atoms with Crippen molar-refractivity contribution in [1.82, 2.24) is 15.2 Å². The molecule has 9 heteroatoms. The van der Waals surface area contributed by atoms with Crippen molar-refractivity contribution in [3.05, 3.63) is 62.6 Å². The summed E-state index contributed by atoms with van der Waals surface area (Å²) in [6, 6.07) is 7.85. The summed E-state index contributed by atoms with van der Waals surface area (Å²) in [5, 5.41) is 15.1. The summed E-state index contributed by atoms with van der Waals surface area (Å²) < 4.78 is 5.56. The van der Waals surface area contributed by atoms with Crippen molar-refractivity contribution in [3.8, 4) is 5.75 Å². The molecule has 1 aromatic carbocycles. The first-order chi connectivity index (χ1) is 17.2. The highest BCUT2D eigenvalue weighted by Gasteiger charge is 2.81. The number of amides is 2. The summed E-state index contributed by atoms with van der Waals surface area (Å²) in [5.74, 6) is 0.143. The number of H-pyrrole nitrogens is 1. The standard InChI is InChI=1S/C27H30N4O5/c1-36-16-4-5-18-19(7-16)26-9-20-15(6-17(23(34)30-20)22(33)29-10-21(28)32)8-27(26,35)24-25(18,12-26)13-31(24)11-14-2-3-14/h4-7,14,24,35H,2-3,8-13H2,1H3,(H2,28,32)(H,29,33)(H,30,34). The van der Waals surface area contributed by atoms with E-state index in [1.165, 1.54) is 18.4 Å². The maximum atomic E-state index is 12.9. The summed E-state index contributed by atoms with van der Waals surface area (Å²) >= 11 is 0. The predicted molar refractivity (Wildman–Crippen MR) is 130 cm³/mol. The molecule has 2 amide bonds. The third-order valence-electron chi connectivity index (χ3n) is 9.56. The van der Waals surface area contributed by atoms with Gasteiger partial charge in [-0.25, -0.2) is 0 Å². The first-order valence-corrected chi connectivity index (χ1v) is 12.7. The van der Waals surface area contributed by atoms with Crippen LogP contribution in [0.15, 0.2) is 29.1 Å². The SMILES string of the molecule is COc1ccc2c(c1)C13Cc4[nH]c(=O)c(C(=O)NCC(N)=O)cc4CC1(O)C1N(CC4CC4)CC21C3. The van der Waals surface area contributed by atoms with E-state index in [0.717, 1.165) is 42.1 Å². The van der Waals surface area contributed by atoms with Crippen LogP contribution in [0.2, 0.25) is 0 Å². The third-order valence-corrected chi connectivity index (χ3v) is 9.56. The van der Waals surface area contributed by atoms with E-state index in [4.69, 9.17) is 10.5 Å². The number of pyridine rings is 1. The average Bonchev–Trinajstić information content (AvgIpc) is 3.57. The molecule has 5 aliphatic rings. The van der Waals surface area contributed by atoms with Crippen LogP contribution < -0.4 is 21.3 Å². The number of primary amides is 1. The van der Waals surface area contributed by atoms with Crippen LogP contribution in [-0.4, -0.2) is 65.2 Å². The Bertz CT molecular complexity index is 1400. The van der Waals surface area contributed by atoms with Crippen LogP contribution in [0.3, 0.4) is 0 Å². The van der Waals surface area contributed by atoms with E-state index in [-0.39, 0.29) is 23.6 Å². The summed E-state index contributed by atoms with van der Waals surface area (Å²) in [6.45, 7) is 1.60. The second-order valence-electron chi connectivity index (χ2n) is 11.5. The highest BCUT2D eigenvalue weighted by atomic mass is 16.5. The topological polar surface area (TPSA) is 138 Å². The Morgan fingerprint density at radius 2 is 2.06 bits per heavy atom. The molecule has 2 heterocycles. The zero-order chi connectivity index (χ0) is 25.0. The van der Waals surface area contributed by atoms with E-state index >= 15 is 0 Å². The molecule has 1 aromatic heterocycles. The lowest BCUT2D eigenvalue weighted by Gasteiger charge is -2.62. The van der Waals surface area contributed by atoms with E-state index < -0.39 is 28.4 Å². The minimum absolute atomic E-state index is 0.00119. The lowest BCUT2D eigenvalue weighted by atomic mass is 9.55. The number of benzene rings is 1. The number of hydrogen-bond acceptors (Lipinski definition) is 6. The fourth-order valence-corrected chi connectivity index (χ4v) is 8.11. The second kappa shape index (κ2) is 6.98. The molecular weight excluding hydrogens is 460 g/mol. The zero-order valence-corrected chi connectivity index (χ0v) is 20.2. The summed E-state index contributed by atoms with van der Waals surface area (Å²) in [7, 11) is 1.65. The fourth-order valence-electron chi connectivity index (χ4n) is 8.11. The zero-order valence-electron chi connectivity index (χ0n) is 20.2. The summed E-state index contributed by atoms with van der Waals surface area (Å²) in [6.07, 6.45) is 4.18. The van der Waals surface area contributed by atoms with Crippen LogP contribution in [0.5, 0.6) is 5.75 Å². The molecule has 1 aliphatic heterocycles. The Morgan fingerprint density at radius 1 is 1.25 bits per heavy atom. The van der Waals surface area contributed by atoms with Gasteiger partial charge in [0.25, 0.3) is 11.5 Å². The maximum Gasteiger partial charge on any atom is 0.261 e. The van der Waals surface area contributed by atoms with Crippen LogP contribution >= 0.6 is 0 Å². The van der Waals surface area contributed by atoms with Crippen LogP contribution in [0.1, 0.15) is 52.0 Å². The smallest absolute Gasteiger partial charge is 0.261 e. The van der Waals surface area contributed by atoms with Gasteiger partial charge >= 0.3 is 0 Å². The quantitative estimate of drug-likeness (QED) is 0.454. The first-order valence-electron chi connectivity index (χ1n) is 12.7. The van der Waals surface area contributed by atoms with E-state index in [1.54, 1.807) is 13.2 Å². The molecule has 2 spiro atoms. The molecule has 2 saturated carbocycles. The van der Waals surface area contributed by atoms with Crippen molar-refractivity contribution < 1.29 is 19.4 Å². The lowest BCUT2D eigenvalue weighted by molar-refractivity contribution is -0.136. The minimum atomic E-state index is -1.04. The van der Waals surface area contributed by atoms with E-state index in [9.17, 15) is 19.5 Å². The van der Waals surface area contributed by atoms with Crippen molar-refractivity contribution in [2.75, 3.05) is 26.7 Å². The minimum Gasteiger partial charge on any atom is -0.497 e. The van der Waals surface area contributed by atoms with E-state index in [0.29, 0.717) is 18.8 Å². The number of nitrogens with one attached hydrogen (secondary N) is 2. The van der Waals surface area contributed by atoms with Crippen LogP contribution in [0.25, 0.3) is 0 Å². The van der Waals surface area contributed by atoms with Crippen molar-refractivity contribution in [2.24, 2.45) is 11.7 Å². The van der Waals surface area contributed by atoms with Gasteiger partial charge in [-0.1, -0.05) is 6.07 Å². The van der Waals surface area contributed by atoms with Crippen molar-refractivity contribution >= 4 is 11.8 Å². The molecule has 5 N–H and O–H groups in total. The van der Waals surface area contributed by atoms with Gasteiger partial charge in [0.2, 0.25) is 5.91 Å². The normalized spacial score (nSPS) is 33.1. The summed E-state index contributed by atoms with van der Waals surface area (Å²) in [5.41, 5.74) is 6.84. The molecule has 36 heavy (non-hydrogen) atoms. The van der Waals surface area contributed by atoms with Crippen molar-refractivity contribution in [3.63, 3.8) is 0 Å². The summed E-state index contributed by atoms with van der Waals surface area (Å²) in [4.78, 5) is 42.0. The van der Waals surface area contributed by atoms with Gasteiger partial charge in [0.05, 0.1) is 25.3 Å². The van der Waals surface area contributed by atoms with Crippen LogP contribution in [0.4, 0.5) is 0 Å². The molecule has 2 aromatic rings. The van der Waals surface area contributed by atoms with Crippen LogP contribution in [0, 0.1) is 5.92 Å². The number of hydrogen-bond donors (Lipinski definition) is 4. The molecule has 4 atom stereocenters. The Morgan fingerprint density at radius 3 is 2.78 bits per heavy atom. The van der Waals surface area contributed by atoms with Gasteiger partial charge in [-0.15, -0.1) is 0 Å². The van der Waals surface area contributed by atoms with E-state index in [2.05, 4.69) is 27.3 Å². The molecule has 9 nitrogen and oxygen atoms in total. The molecular formula is C27H30N4O5. The number of aromatic nitrogens is 1. The number of carbonyl (C=O) groups excluding carboxylic acids is 2. The number of carbonyl (C=O) groups is 2. The highest BCUT2D eigenvalue weighted by molar-refractivity contribution is 5.96. The van der Waals surface area contributed by atoms with Gasteiger partial charge in [0.1, 0.15) is 11.3 Å². The predicted octanol–water partition coefficient (Wildman–Crippen LogP) is 0.116. The van der Waals surface area contributed by atoms with Gasteiger partial charge < -0.3 is 25.9 Å². The highest BCUT2D eigenvalue weighted by Crippen LogP contribution is 2.73. The molecule has 4 aliphatic carbocycles. The number of aromatic amines is 1. The van der Waals surface area contributed by atoms with Gasteiger partial charge in [-0.05, 0) is 60.1 Å². The largest absolute Gasteiger partial charge is 0.497 e. The monoisotopic (exact) mass is 490 g/mol. The first kappa shape index (κ1) is 22.1. The number of nitrogens with zero attached hydrogens (tertiary/aromatic N) is 1. The Hall–Kier alpha value is -3.17. The molecule has 4 unspecified atom stereocenters. The molecule has 0 radical (unpaired) electrons. The molecule has 7 rings (SSSR count). The van der Waals surface area contributed by atoms with Gasteiger partial charge in [0, 0.05) is 42.5 Å². The molecule has 2 bridgehead atoms. The average molecular weight is 491 g/mol. The fraction of sp³-hybridized carbons (Fsp3) is 0.519. The Balaban J connectivity index is 1.34. The van der Waals surface area contributed by atoms with Crippen LogP contribution in [-0.2, 0) is 28.5 Å². The number of likely N-dealkylation sites (tertiary alicyclic amines) is 1. The second-order valence-corrected chi connectivity index (χ2v) is 11.5. The number of aliphatic hydroxyl groups is 1. The molecule has 188 valence electrons. The Labute approximate surface area is 208 Å². The van der Waals surface area contributed by atoms with Crippen molar-refractivity contribution in [1.29, 1.82) is 0 Å². The Kier molecular flexibility index (Phi) is 4.28. The number of ether oxygens (including phenoxy) is 1. The van der Waals surface area contributed by atoms with E-state index in [1.807, 2.05) is 6.07 Å². The van der Waals surface area contributed by atoms with Gasteiger partial charge in [-0.2, -0.15) is 0 Å². The molecule has 3 fully saturated rings. The van der Waals surface area contributed by atoms with Gasteiger partial charge in [0.15, 0.2) is 0 Å². The third kappa shape index (κ3) is 2.65. The number of rotatable bonds is 6. The van der Waals surface area contributed by atoms with Crippen molar-refractivity contribution in [2.45, 2.75) is 54.6 Å². The number of nitrogens with two attached hydrogens (primary N) is 1.